The quantitative estimate of drug-likeness (QED) is 0.858. The van der Waals surface area contributed by atoms with E-state index in [0.29, 0.717) is 0 Å². The molecule has 3 rings (SSSR count). The number of halogens is 1. The lowest BCUT2D eigenvalue weighted by Gasteiger charge is -2.33. The maximum absolute atomic E-state index is 12.2. The largest absolute Gasteiger partial charge is 0.356 e. The first-order chi connectivity index (χ1) is 11.0. The van der Waals surface area contributed by atoms with Crippen LogP contribution in [0.5, 0.6) is 0 Å². The van der Waals surface area contributed by atoms with Gasteiger partial charge in [-0.2, -0.15) is 0 Å². The van der Waals surface area contributed by atoms with Gasteiger partial charge < -0.3 is 10.2 Å². The number of nitrogens with one attached hydrogen (secondary N) is 1. The number of hydrogen-bond acceptors (Lipinski definition) is 4. The van der Waals surface area contributed by atoms with E-state index in [1.807, 2.05) is 25.3 Å². The van der Waals surface area contributed by atoms with E-state index in [4.69, 9.17) is 0 Å². The van der Waals surface area contributed by atoms with Crippen molar-refractivity contribution in [2.24, 2.45) is 0 Å². The molecule has 0 spiro atoms. The minimum absolute atomic E-state index is 0.0551. The standard InChI is InChI=1S/C17H20BrN3OS/c1-11-9-13(18)10-19-16(11)21-7-5-14(6-8-21)20-17(22)15-4-3-12(2)23-15/h3-4,9-10,14H,5-8H2,1-2H3,(H,20,22). The molecule has 0 unspecified atom stereocenters. The number of carbonyl (C=O) groups excluding carboxylic acids is 1. The van der Waals surface area contributed by atoms with Gasteiger partial charge in [-0.15, -0.1) is 11.3 Å². The minimum atomic E-state index is 0.0551. The Balaban J connectivity index is 1.57. The Morgan fingerprint density at radius 3 is 2.70 bits per heavy atom. The van der Waals surface area contributed by atoms with E-state index in [9.17, 15) is 4.79 Å². The number of aryl methyl sites for hydroxylation is 2. The van der Waals surface area contributed by atoms with Gasteiger partial charge in [0, 0.05) is 34.7 Å². The molecule has 1 saturated heterocycles. The van der Waals surface area contributed by atoms with Gasteiger partial charge in [-0.25, -0.2) is 4.98 Å². The van der Waals surface area contributed by atoms with E-state index in [-0.39, 0.29) is 11.9 Å². The van der Waals surface area contributed by atoms with Crippen LogP contribution in [-0.2, 0) is 0 Å². The Morgan fingerprint density at radius 1 is 1.35 bits per heavy atom. The van der Waals surface area contributed by atoms with Crippen LogP contribution in [0.4, 0.5) is 5.82 Å². The fraction of sp³-hybridized carbons (Fsp3) is 0.412. The Bertz CT molecular complexity index is 708. The molecule has 0 saturated carbocycles. The van der Waals surface area contributed by atoms with Crippen LogP contribution in [0.15, 0.2) is 28.9 Å². The van der Waals surface area contributed by atoms with Gasteiger partial charge >= 0.3 is 0 Å². The second-order valence-electron chi connectivity index (χ2n) is 5.94. The highest BCUT2D eigenvalue weighted by molar-refractivity contribution is 9.10. The van der Waals surface area contributed by atoms with Crippen molar-refractivity contribution in [2.75, 3.05) is 18.0 Å². The first-order valence-electron chi connectivity index (χ1n) is 7.77. The first-order valence-corrected chi connectivity index (χ1v) is 9.38. The third kappa shape index (κ3) is 3.93. The van der Waals surface area contributed by atoms with Gasteiger partial charge in [0.25, 0.3) is 5.91 Å². The summed E-state index contributed by atoms with van der Waals surface area (Å²) >= 11 is 5.00. The number of anilines is 1. The monoisotopic (exact) mass is 393 g/mol. The summed E-state index contributed by atoms with van der Waals surface area (Å²) in [5, 5.41) is 3.16. The maximum atomic E-state index is 12.2. The molecule has 1 amide bonds. The van der Waals surface area contributed by atoms with E-state index >= 15 is 0 Å². The average molecular weight is 394 g/mol. The fourth-order valence-corrected chi connectivity index (χ4v) is 4.13. The zero-order valence-corrected chi connectivity index (χ0v) is 15.7. The van der Waals surface area contributed by atoms with E-state index in [1.165, 1.54) is 10.4 Å². The summed E-state index contributed by atoms with van der Waals surface area (Å²) in [5.41, 5.74) is 1.18. The third-order valence-corrected chi connectivity index (χ3v) is 5.54. The Labute approximate surface area is 149 Å². The molecule has 0 radical (unpaired) electrons. The van der Waals surface area contributed by atoms with E-state index in [0.717, 1.165) is 41.1 Å². The lowest BCUT2D eigenvalue weighted by atomic mass is 10.0. The van der Waals surface area contributed by atoms with Gasteiger partial charge in [0.2, 0.25) is 0 Å². The summed E-state index contributed by atoms with van der Waals surface area (Å²) in [7, 11) is 0. The average Bonchev–Trinajstić information content (AvgIpc) is 2.95. The molecule has 2 aromatic rings. The van der Waals surface area contributed by atoms with Crippen molar-refractivity contribution in [1.29, 1.82) is 0 Å². The Morgan fingerprint density at radius 2 is 2.09 bits per heavy atom. The molecule has 3 heterocycles. The molecule has 4 nitrogen and oxygen atoms in total. The molecule has 1 N–H and O–H groups in total. The smallest absolute Gasteiger partial charge is 0.261 e. The topological polar surface area (TPSA) is 45.2 Å². The number of hydrogen-bond donors (Lipinski definition) is 1. The van der Waals surface area contributed by atoms with Crippen LogP contribution in [0, 0.1) is 13.8 Å². The van der Waals surface area contributed by atoms with Crippen LogP contribution in [-0.4, -0.2) is 30.0 Å². The van der Waals surface area contributed by atoms with E-state index in [2.05, 4.69) is 44.1 Å². The normalized spacial score (nSPS) is 15.7. The van der Waals surface area contributed by atoms with Crippen molar-refractivity contribution in [3.8, 4) is 0 Å². The van der Waals surface area contributed by atoms with Crippen LogP contribution >= 0.6 is 27.3 Å². The number of amides is 1. The molecule has 1 aliphatic rings. The van der Waals surface area contributed by atoms with Crippen molar-refractivity contribution < 1.29 is 4.79 Å². The highest BCUT2D eigenvalue weighted by Crippen LogP contribution is 2.24. The first kappa shape index (κ1) is 16.5. The van der Waals surface area contributed by atoms with E-state index < -0.39 is 0 Å². The second kappa shape index (κ2) is 7.01. The summed E-state index contributed by atoms with van der Waals surface area (Å²) in [5.74, 6) is 1.10. The molecule has 6 heteroatoms. The Hall–Kier alpha value is -1.40. The molecule has 1 fully saturated rings. The number of aromatic nitrogens is 1. The fourth-order valence-electron chi connectivity index (χ4n) is 2.91. The van der Waals surface area contributed by atoms with Crippen molar-refractivity contribution in [3.05, 3.63) is 44.2 Å². The number of rotatable bonds is 3. The van der Waals surface area contributed by atoms with Gasteiger partial charge in [-0.1, -0.05) is 0 Å². The summed E-state index contributed by atoms with van der Waals surface area (Å²) < 4.78 is 1.01. The predicted octanol–water partition coefficient (Wildman–Crippen LogP) is 3.92. The molecule has 0 aromatic carbocycles. The number of thiophene rings is 1. The van der Waals surface area contributed by atoms with Gasteiger partial charge in [0.1, 0.15) is 5.82 Å². The highest BCUT2D eigenvalue weighted by Gasteiger charge is 2.23. The van der Waals surface area contributed by atoms with Crippen molar-refractivity contribution in [3.63, 3.8) is 0 Å². The van der Waals surface area contributed by atoms with Gasteiger partial charge in [-0.3, -0.25) is 4.79 Å². The van der Waals surface area contributed by atoms with Crippen LogP contribution in [0.1, 0.15) is 33.0 Å². The number of nitrogens with zero attached hydrogens (tertiary/aromatic N) is 2. The summed E-state index contributed by atoms with van der Waals surface area (Å²) in [6.07, 6.45) is 3.75. The maximum Gasteiger partial charge on any atom is 0.261 e. The minimum Gasteiger partial charge on any atom is -0.356 e. The van der Waals surface area contributed by atoms with Crippen LogP contribution in [0.25, 0.3) is 0 Å². The SMILES string of the molecule is Cc1ccc(C(=O)NC2CCN(c3ncc(Br)cc3C)CC2)s1. The zero-order chi connectivity index (χ0) is 16.4. The number of piperidine rings is 1. The molecule has 0 atom stereocenters. The van der Waals surface area contributed by atoms with Gasteiger partial charge in [0.15, 0.2) is 0 Å². The third-order valence-electron chi connectivity index (χ3n) is 4.11. The van der Waals surface area contributed by atoms with Crippen LogP contribution in [0.2, 0.25) is 0 Å². The summed E-state index contributed by atoms with van der Waals surface area (Å²) in [4.78, 5) is 21.0. The Kier molecular flexibility index (Phi) is 5.02. The zero-order valence-electron chi connectivity index (χ0n) is 13.3. The summed E-state index contributed by atoms with van der Waals surface area (Å²) in [6.45, 7) is 5.95. The molecule has 1 aliphatic heterocycles. The molecule has 122 valence electrons. The van der Waals surface area contributed by atoms with Crippen LogP contribution in [0.3, 0.4) is 0 Å². The van der Waals surface area contributed by atoms with Crippen molar-refractivity contribution in [2.45, 2.75) is 32.7 Å². The number of pyridine rings is 1. The lowest BCUT2D eigenvalue weighted by molar-refractivity contribution is 0.0935. The predicted molar refractivity (Wildman–Crippen MR) is 98.4 cm³/mol. The van der Waals surface area contributed by atoms with E-state index in [1.54, 1.807) is 11.3 Å². The lowest BCUT2D eigenvalue weighted by Crippen LogP contribution is -2.45. The van der Waals surface area contributed by atoms with Crippen molar-refractivity contribution >= 4 is 39.0 Å². The molecular formula is C17H20BrN3OS. The molecule has 23 heavy (non-hydrogen) atoms. The van der Waals surface area contributed by atoms with Crippen LogP contribution < -0.4 is 10.2 Å². The van der Waals surface area contributed by atoms with Crippen molar-refractivity contribution in [1.82, 2.24) is 10.3 Å². The van der Waals surface area contributed by atoms with Gasteiger partial charge in [0.05, 0.1) is 4.88 Å². The van der Waals surface area contributed by atoms with Gasteiger partial charge in [-0.05, 0) is 66.4 Å². The molecule has 0 bridgehead atoms. The molecule has 0 aliphatic carbocycles. The highest BCUT2D eigenvalue weighted by atomic mass is 79.9. The molecule has 2 aromatic heterocycles. The second-order valence-corrected chi connectivity index (χ2v) is 8.14. The number of carbonyl (C=O) groups is 1. The molecular weight excluding hydrogens is 374 g/mol. The summed E-state index contributed by atoms with van der Waals surface area (Å²) in [6, 6.07) is 6.23.